The molecule has 1 nitrogen and oxygen atoms in total. The largest absolute Gasteiger partial charge is 0.366 e. The molecule has 0 aromatic carbocycles. The van der Waals surface area contributed by atoms with E-state index >= 15 is 0 Å². The van der Waals surface area contributed by atoms with Crippen LogP contribution in [-0.2, 0) is 0 Å². The third-order valence-electron chi connectivity index (χ3n) is 1.31. The van der Waals surface area contributed by atoms with Crippen molar-refractivity contribution < 1.29 is 5.11 Å². The molecule has 0 saturated heterocycles. The molecule has 0 aromatic heterocycles. The first kappa shape index (κ1) is 11.8. The molecule has 0 aliphatic carbocycles. The van der Waals surface area contributed by atoms with E-state index in [0.717, 1.165) is 0 Å². The fourth-order valence-corrected chi connectivity index (χ4v) is 0.661. The number of aliphatic hydroxyl groups is 1. The second kappa shape index (κ2) is 5.49. The second-order valence-corrected chi connectivity index (χ2v) is 2.98. The van der Waals surface area contributed by atoms with E-state index in [4.69, 9.17) is 11.6 Å². The van der Waals surface area contributed by atoms with Crippen molar-refractivity contribution in [1.82, 2.24) is 0 Å². The maximum Gasteiger partial charge on any atom is 0.204 e. The molecule has 0 heterocycles. The van der Waals surface area contributed by atoms with Crippen LogP contribution < -0.4 is 0 Å². The summed E-state index contributed by atoms with van der Waals surface area (Å²) >= 11 is 5.73. The maximum absolute atomic E-state index is 9.78. The highest BCUT2D eigenvalue weighted by molar-refractivity contribution is 6.21. The zero-order valence-corrected chi connectivity index (χ0v) is 8.23. The normalized spacial score (nSPS) is 11.3. The summed E-state index contributed by atoms with van der Waals surface area (Å²) in [5.74, 6) is 10.1. The van der Waals surface area contributed by atoms with Crippen molar-refractivity contribution in [2.75, 3.05) is 0 Å². The van der Waals surface area contributed by atoms with Gasteiger partial charge in [0.25, 0.3) is 0 Å². The summed E-state index contributed by atoms with van der Waals surface area (Å²) < 4.78 is 0. The molecular weight excluding hydrogens is 184 g/mol. The molecule has 0 aliphatic heterocycles. The van der Waals surface area contributed by atoms with Gasteiger partial charge in [-0.3, -0.25) is 0 Å². The molecule has 1 atom stereocenters. The average molecular weight is 195 g/mol. The molecule has 2 heteroatoms. The summed E-state index contributed by atoms with van der Waals surface area (Å²) in [7, 11) is 0. The summed E-state index contributed by atoms with van der Waals surface area (Å²) in [6.45, 7) is 8.44. The van der Waals surface area contributed by atoms with E-state index in [-0.39, 0.29) is 0 Å². The minimum atomic E-state index is -1.50. The van der Waals surface area contributed by atoms with Crippen LogP contribution in [0.25, 0.3) is 0 Å². The predicted molar refractivity (Wildman–Crippen MR) is 56.2 cm³/mol. The monoisotopic (exact) mass is 194 g/mol. The Balaban J connectivity index is 4.93. The molecule has 0 radical (unpaired) electrons. The zero-order chi connectivity index (χ0) is 10.3. The molecule has 68 valence electrons. The van der Waals surface area contributed by atoms with Crippen LogP contribution >= 0.6 is 11.6 Å². The van der Waals surface area contributed by atoms with Crippen molar-refractivity contribution in [3.05, 3.63) is 25.3 Å². The minimum absolute atomic E-state index is 0.576. The lowest BCUT2D eigenvalue weighted by atomic mass is 10.0. The second-order valence-electron chi connectivity index (χ2n) is 2.33. The van der Waals surface area contributed by atoms with Gasteiger partial charge in [0.2, 0.25) is 5.60 Å². The van der Waals surface area contributed by atoms with Crippen LogP contribution in [-0.4, -0.2) is 16.1 Å². The Morgan fingerprint density at radius 2 is 1.69 bits per heavy atom. The van der Waals surface area contributed by atoms with Gasteiger partial charge >= 0.3 is 0 Å². The van der Waals surface area contributed by atoms with Gasteiger partial charge in [-0.2, -0.15) is 0 Å². The first-order valence-corrected chi connectivity index (χ1v) is 4.14. The lowest BCUT2D eigenvalue weighted by Crippen LogP contribution is -2.33. The van der Waals surface area contributed by atoms with Gasteiger partial charge in [-0.25, -0.2) is 0 Å². The predicted octanol–water partition coefficient (Wildman–Crippen LogP) is 1.72. The average Bonchev–Trinajstić information content (AvgIpc) is 2.11. The van der Waals surface area contributed by atoms with Crippen LogP contribution in [0, 0.1) is 23.7 Å². The molecular formula is C11H11ClO. The molecule has 0 aliphatic rings. The first-order chi connectivity index (χ1) is 6.06. The van der Waals surface area contributed by atoms with E-state index in [1.807, 2.05) is 0 Å². The Kier molecular flexibility index (Phi) is 5.00. The molecule has 1 N–H and O–H groups in total. The van der Waals surface area contributed by atoms with Gasteiger partial charge in [-0.1, -0.05) is 25.0 Å². The van der Waals surface area contributed by atoms with Crippen LogP contribution in [0.1, 0.15) is 6.92 Å². The van der Waals surface area contributed by atoms with E-state index in [1.165, 1.54) is 12.2 Å². The van der Waals surface area contributed by atoms with Crippen molar-refractivity contribution in [1.29, 1.82) is 0 Å². The number of hydrogen-bond donors (Lipinski definition) is 1. The fraction of sp³-hybridized carbons (Fsp3) is 0.273. The number of alkyl halides is 1. The number of allylic oxidation sites excluding steroid dienone is 2. The molecule has 0 rings (SSSR count). The number of rotatable bonds is 1. The van der Waals surface area contributed by atoms with Gasteiger partial charge < -0.3 is 5.11 Å². The third-order valence-corrected chi connectivity index (χ3v) is 1.62. The first-order valence-electron chi connectivity index (χ1n) is 3.70. The van der Waals surface area contributed by atoms with Gasteiger partial charge in [0.15, 0.2) is 0 Å². The van der Waals surface area contributed by atoms with Crippen LogP contribution in [0.5, 0.6) is 0 Å². The highest BCUT2D eigenvalue weighted by atomic mass is 35.5. The molecule has 0 saturated carbocycles. The van der Waals surface area contributed by atoms with E-state index in [0.29, 0.717) is 0 Å². The summed E-state index contributed by atoms with van der Waals surface area (Å²) in [5.41, 5.74) is -1.50. The van der Waals surface area contributed by atoms with Crippen LogP contribution in [0.15, 0.2) is 25.3 Å². The van der Waals surface area contributed by atoms with E-state index in [1.54, 1.807) is 6.92 Å². The number of halogens is 1. The zero-order valence-electron chi connectivity index (χ0n) is 7.47. The summed E-state index contributed by atoms with van der Waals surface area (Å²) in [6.07, 6.45) is 2.75. The van der Waals surface area contributed by atoms with Crippen molar-refractivity contribution >= 4 is 11.6 Å². The molecule has 1 unspecified atom stereocenters. The van der Waals surface area contributed by atoms with Crippen LogP contribution in [0.3, 0.4) is 0 Å². The summed E-state index contributed by atoms with van der Waals surface area (Å²) in [4.78, 5) is 0. The quantitative estimate of drug-likeness (QED) is 0.498. The van der Waals surface area contributed by atoms with Crippen molar-refractivity contribution in [2.24, 2.45) is 0 Å². The summed E-state index contributed by atoms with van der Waals surface area (Å²) in [5, 5.41) is 9.20. The Morgan fingerprint density at radius 3 is 1.92 bits per heavy atom. The molecule has 0 aromatic rings. The van der Waals surface area contributed by atoms with E-state index in [2.05, 4.69) is 36.8 Å². The topological polar surface area (TPSA) is 20.2 Å². The lowest BCUT2D eigenvalue weighted by Gasteiger charge is -2.17. The van der Waals surface area contributed by atoms with Crippen molar-refractivity contribution in [3.8, 4) is 23.7 Å². The van der Waals surface area contributed by atoms with Gasteiger partial charge in [0.1, 0.15) is 0 Å². The van der Waals surface area contributed by atoms with Crippen LogP contribution in [0.2, 0.25) is 0 Å². The highest BCUT2D eigenvalue weighted by Gasteiger charge is 2.27. The SMILES string of the molecule is C=CC#CC(O)(C#CC=C)C(C)Cl. The molecule has 13 heavy (non-hydrogen) atoms. The Hall–Kier alpha value is -1.15. The van der Waals surface area contributed by atoms with Gasteiger partial charge in [-0.15, -0.1) is 11.6 Å². The third kappa shape index (κ3) is 3.85. The Bertz CT molecular complexity index is 280. The van der Waals surface area contributed by atoms with Crippen LogP contribution in [0.4, 0.5) is 0 Å². The Morgan fingerprint density at radius 1 is 1.31 bits per heavy atom. The minimum Gasteiger partial charge on any atom is -0.366 e. The standard InChI is InChI=1S/C11H11ClO/c1-4-6-8-11(13,10(3)12)9-7-5-2/h4-5,10,13H,1-2H2,3H3. The molecule has 0 fully saturated rings. The highest BCUT2D eigenvalue weighted by Crippen LogP contribution is 2.14. The van der Waals surface area contributed by atoms with Gasteiger partial charge in [0, 0.05) is 0 Å². The number of hydrogen-bond acceptors (Lipinski definition) is 1. The molecule has 0 spiro atoms. The maximum atomic E-state index is 9.78. The van der Waals surface area contributed by atoms with Crippen molar-refractivity contribution in [2.45, 2.75) is 17.9 Å². The Labute approximate surface area is 84.1 Å². The molecule has 0 amide bonds. The molecule has 0 bridgehead atoms. The van der Waals surface area contributed by atoms with Crippen molar-refractivity contribution in [3.63, 3.8) is 0 Å². The smallest absolute Gasteiger partial charge is 0.204 e. The fourth-order valence-electron chi connectivity index (χ4n) is 0.552. The summed E-state index contributed by atoms with van der Waals surface area (Å²) in [6, 6.07) is 0. The lowest BCUT2D eigenvalue weighted by molar-refractivity contribution is 0.162. The van der Waals surface area contributed by atoms with E-state index in [9.17, 15) is 5.11 Å². The van der Waals surface area contributed by atoms with E-state index < -0.39 is 11.0 Å². The van der Waals surface area contributed by atoms with Gasteiger partial charge in [-0.05, 0) is 30.9 Å². The van der Waals surface area contributed by atoms with Gasteiger partial charge in [0.05, 0.1) is 5.38 Å².